The van der Waals surface area contributed by atoms with Gasteiger partial charge in [0.2, 0.25) is 0 Å². The van der Waals surface area contributed by atoms with Crippen molar-refractivity contribution in [3.05, 3.63) is 0 Å². The van der Waals surface area contributed by atoms with E-state index in [0.717, 1.165) is 12.8 Å². The first-order valence-corrected chi connectivity index (χ1v) is 6.18. The van der Waals surface area contributed by atoms with E-state index in [1.165, 1.54) is 6.42 Å². The molecule has 0 heterocycles. The van der Waals surface area contributed by atoms with Crippen LogP contribution in [0.5, 0.6) is 0 Å². The van der Waals surface area contributed by atoms with Crippen LogP contribution in [0.3, 0.4) is 0 Å². The molecule has 2 fully saturated rings. The van der Waals surface area contributed by atoms with Crippen LogP contribution in [0.4, 0.5) is 0 Å². The highest BCUT2D eigenvalue weighted by atomic mass is 16.5. The molecular formula is C13H20O4. The van der Waals surface area contributed by atoms with Crippen molar-refractivity contribution >= 4 is 11.9 Å². The van der Waals surface area contributed by atoms with Gasteiger partial charge in [-0.05, 0) is 30.6 Å². The summed E-state index contributed by atoms with van der Waals surface area (Å²) in [5.74, 6) is -1.13. The topological polar surface area (TPSA) is 63.6 Å². The van der Waals surface area contributed by atoms with Crippen LogP contribution in [0, 0.1) is 16.7 Å². The van der Waals surface area contributed by atoms with E-state index < -0.39 is 18.4 Å². The number of aliphatic carboxylic acids is 1. The number of hydrogen-bond acceptors (Lipinski definition) is 3. The Kier molecular flexibility index (Phi) is 2.71. The fraction of sp³-hybridized carbons (Fsp3) is 0.846. The third-order valence-corrected chi connectivity index (χ3v) is 5.28. The summed E-state index contributed by atoms with van der Waals surface area (Å²) in [4.78, 5) is 21.9. The number of fused-ring (bicyclic) bond motifs is 2. The first-order valence-electron chi connectivity index (χ1n) is 6.18. The Morgan fingerprint density at radius 1 is 1.35 bits per heavy atom. The average Bonchev–Trinajstić information content (AvgIpc) is 2.49. The molecule has 2 rings (SSSR count). The molecule has 0 spiro atoms. The molecule has 96 valence electrons. The maximum Gasteiger partial charge on any atom is 0.317 e. The van der Waals surface area contributed by atoms with Gasteiger partial charge in [-0.1, -0.05) is 20.8 Å². The van der Waals surface area contributed by atoms with E-state index in [9.17, 15) is 9.59 Å². The molecule has 2 saturated carbocycles. The zero-order valence-electron chi connectivity index (χ0n) is 10.7. The molecule has 0 unspecified atom stereocenters. The summed E-state index contributed by atoms with van der Waals surface area (Å²) in [6.07, 6.45) is 2.50. The highest BCUT2D eigenvalue weighted by Gasteiger charge is 2.62. The molecule has 2 aliphatic carbocycles. The van der Waals surface area contributed by atoms with Crippen LogP contribution >= 0.6 is 0 Å². The molecule has 17 heavy (non-hydrogen) atoms. The van der Waals surface area contributed by atoms with Gasteiger partial charge in [0.05, 0.1) is 0 Å². The Bertz CT molecular complexity index is 360. The van der Waals surface area contributed by atoms with E-state index in [-0.39, 0.29) is 16.9 Å². The number of carbonyl (C=O) groups is 2. The molecule has 0 aromatic heterocycles. The minimum Gasteiger partial charge on any atom is -0.481 e. The molecule has 1 N–H and O–H groups in total. The molecule has 0 aromatic rings. The number of carboxylic acid groups (broad SMARTS) is 1. The largest absolute Gasteiger partial charge is 0.481 e. The number of esters is 1. The monoisotopic (exact) mass is 240 g/mol. The van der Waals surface area contributed by atoms with Crippen LogP contribution in [-0.4, -0.2) is 23.1 Å². The third-order valence-electron chi connectivity index (χ3n) is 5.28. The van der Waals surface area contributed by atoms with Crippen molar-refractivity contribution in [2.24, 2.45) is 16.7 Å². The van der Waals surface area contributed by atoms with Gasteiger partial charge in [-0.25, -0.2) is 0 Å². The Hall–Kier alpha value is -1.06. The highest BCUT2D eigenvalue weighted by molar-refractivity contribution is 5.90. The summed E-state index contributed by atoms with van der Waals surface area (Å²) < 4.78 is 5.37. The standard InChI is InChI=1S/C13H20O4/c1-12(2)8-4-5-13(12,3)9(6-8)17-11(16)7-10(14)15/h8-9H,4-7H2,1-3H3,(H,14,15)/t8-,9+,13-/m0/s1. The smallest absolute Gasteiger partial charge is 0.317 e. The molecule has 0 aliphatic heterocycles. The number of rotatable bonds is 3. The van der Waals surface area contributed by atoms with Crippen molar-refractivity contribution in [2.75, 3.05) is 0 Å². The predicted octanol–water partition coefficient (Wildman–Crippen LogP) is 2.22. The van der Waals surface area contributed by atoms with Crippen molar-refractivity contribution in [1.82, 2.24) is 0 Å². The summed E-state index contributed by atoms with van der Waals surface area (Å²) in [7, 11) is 0. The number of ether oxygens (including phenoxy) is 1. The maximum absolute atomic E-state index is 11.4. The van der Waals surface area contributed by atoms with E-state index in [2.05, 4.69) is 20.8 Å². The average molecular weight is 240 g/mol. The second kappa shape index (κ2) is 3.72. The minimum atomic E-state index is -1.12. The van der Waals surface area contributed by atoms with Crippen LogP contribution in [-0.2, 0) is 14.3 Å². The fourth-order valence-electron chi connectivity index (χ4n) is 3.63. The second-order valence-corrected chi connectivity index (χ2v) is 6.16. The van der Waals surface area contributed by atoms with Crippen molar-refractivity contribution in [3.8, 4) is 0 Å². The summed E-state index contributed by atoms with van der Waals surface area (Å²) in [6.45, 7) is 6.63. The zero-order chi connectivity index (χ0) is 12.8. The van der Waals surface area contributed by atoms with Crippen LogP contribution in [0.15, 0.2) is 0 Å². The van der Waals surface area contributed by atoms with E-state index in [0.29, 0.717) is 5.92 Å². The van der Waals surface area contributed by atoms with Crippen molar-refractivity contribution in [1.29, 1.82) is 0 Å². The van der Waals surface area contributed by atoms with E-state index >= 15 is 0 Å². The van der Waals surface area contributed by atoms with Crippen molar-refractivity contribution < 1.29 is 19.4 Å². The van der Waals surface area contributed by atoms with Gasteiger partial charge in [0.25, 0.3) is 0 Å². The van der Waals surface area contributed by atoms with Crippen molar-refractivity contribution in [3.63, 3.8) is 0 Å². The molecule has 3 atom stereocenters. The van der Waals surface area contributed by atoms with Crippen LogP contribution in [0.25, 0.3) is 0 Å². The summed E-state index contributed by atoms with van der Waals surface area (Å²) in [5.41, 5.74) is 0.188. The van der Waals surface area contributed by atoms with E-state index in [1.807, 2.05) is 0 Å². The Labute approximate surface area is 101 Å². The minimum absolute atomic E-state index is 0.00578. The van der Waals surface area contributed by atoms with Gasteiger partial charge < -0.3 is 9.84 Å². The lowest BCUT2D eigenvalue weighted by molar-refractivity contribution is -0.161. The quantitative estimate of drug-likeness (QED) is 0.607. The molecule has 0 amide bonds. The summed E-state index contributed by atoms with van der Waals surface area (Å²) >= 11 is 0. The van der Waals surface area contributed by atoms with Crippen LogP contribution in [0.2, 0.25) is 0 Å². The third kappa shape index (κ3) is 1.74. The lowest BCUT2D eigenvalue weighted by Gasteiger charge is -2.38. The molecule has 2 aliphatic rings. The van der Waals surface area contributed by atoms with Gasteiger partial charge >= 0.3 is 11.9 Å². The molecule has 4 nitrogen and oxygen atoms in total. The molecule has 0 radical (unpaired) electrons. The molecule has 0 aromatic carbocycles. The molecule has 2 bridgehead atoms. The lowest BCUT2D eigenvalue weighted by Crippen LogP contribution is -2.38. The normalized spacial score (nSPS) is 38.1. The predicted molar refractivity (Wildman–Crippen MR) is 61.4 cm³/mol. The molecular weight excluding hydrogens is 220 g/mol. The van der Waals surface area contributed by atoms with Gasteiger partial charge in [0.1, 0.15) is 12.5 Å². The van der Waals surface area contributed by atoms with Gasteiger partial charge in [-0.15, -0.1) is 0 Å². The van der Waals surface area contributed by atoms with Gasteiger partial charge in [0.15, 0.2) is 0 Å². The van der Waals surface area contributed by atoms with Crippen LogP contribution in [0.1, 0.15) is 46.5 Å². The number of carbonyl (C=O) groups excluding carboxylic acids is 1. The second-order valence-electron chi connectivity index (χ2n) is 6.16. The van der Waals surface area contributed by atoms with Gasteiger partial charge in [-0.2, -0.15) is 0 Å². The Morgan fingerprint density at radius 3 is 2.41 bits per heavy atom. The van der Waals surface area contributed by atoms with Crippen molar-refractivity contribution in [2.45, 2.75) is 52.6 Å². The molecule has 4 heteroatoms. The summed E-state index contributed by atoms with van der Waals surface area (Å²) in [5, 5.41) is 8.56. The maximum atomic E-state index is 11.4. The number of hydrogen-bond donors (Lipinski definition) is 1. The molecule has 0 saturated heterocycles. The lowest BCUT2D eigenvalue weighted by atomic mass is 9.70. The first kappa shape index (κ1) is 12.4. The van der Waals surface area contributed by atoms with E-state index in [4.69, 9.17) is 9.84 Å². The van der Waals surface area contributed by atoms with E-state index in [1.54, 1.807) is 0 Å². The van der Waals surface area contributed by atoms with Gasteiger partial charge in [0, 0.05) is 5.41 Å². The van der Waals surface area contributed by atoms with Gasteiger partial charge in [-0.3, -0.25) is 9.59 Å². The Morgan fingerprint density at radius 2 is 2.00 bits per heavy atom. The van der Waals surface area contributed by atoms with Crippen LogP contribution < -0.4 is 0 Å². The Balaban J connectivity index is 2.06. The first-order chi connectivity index (χ1) is 7.77. The number of carboxylic acids is 1. The summed E-state index contributed by atoms with van der Waals surface area (Å²) in [6, 6.07) is 0. The SMILES string of the molecule is CC1(C)[C@H]2CC[C@@]1(C)[C@H](OC(=O)CC(=O)O)C2. The highest BCUT2D eigenvalue weighted by Crippen LogP contribution is 2.66. The fourth-order valence-corrected chi connectivity index (χ4v) is 3.63. The zero-order valence-corrected chi connectivity index (χ0v) is 10.7.